The summed E-state index contributed by atoms with van der Waals surface area (Å²) in [6.45, 7) is 2.46. The van der Waals surface area contributed by atoms with Crippen molar-refractivity contribution in [1.29, 1.82) is 0 Å². The van der Waals surface area contributed by atoms with E-state index in [1.165, 1.54) is 36.7 Å². The summed E-state index contributed by atoms with van der Waals surface area (Å²) in [4.78, 5) is 25.1. The average Bonchev–Trinajstić information content (AvgIpc) is 3.14. The maximum atomic E-state index is 12.3. The molecule has 2 aromatic rings. The van der Waals surface area contributed by atoms with Gasteiger partial charge in [0.2, 0.25) is 0 Å². The summed E-state index contributed by atoms with van der Waals surface area (Å²) in [6, 6.07) is 12.0. The fraction of sp³-hybridized carbons (Fsp3) is 0.278. The molecule has 1 amide bonds. The molecule has 25 heavy (non-hydrogen) atoms. The molecular formula is C18H18ClN3O3. The van der Waals surface area contributed by atoms with Gasteiger partial charge in [-0.05, 0) is 42.7 Å². The molecule has 0 bridgehead atoms. The number of halogens is 1. The van der Waals surface area contributed by atoms with Crippen LogP contribution in [0.5, 0.6) is 0 Å². The van der Waals surface area contributed by atoms with Crippen molar-refractivity contribution in [2.24, 2.45) is 0 Å². The van der Waals surface area contributed by atoms with Crippen molar-refractivity contribution in [3.63, 3.8) is 0 Å². The minimum Gasteiger partial charge on any atom is -0.372 e. The number of amides is 1. The quantitative estimate of drug-likeness (QED) is 0.651. The summed E-state index contributed by atoms with van der Waals surface area (Å²) in [5, 5.41) is 14.0. The van der Waals surface area contributed by atoms with Gasteiger partial charge in [0.1, 0.15) is 5.56 Å². The third kappa shape index (κ3) is 4.09. The van der Waals surface area contributed by atoms with Crippen molar-refractivity contribution < 1.29 is 9.72 Å². The highest BCUT2D eigenvalue weighted by molar-refractivity contribution is 6.31. The molecule has 0 spiro atoms. The predicted molar refractivity (Wildman–Crippen MR) is 97.2 cm³/mol. The highest BCUT2D eigenvalue weighted by atomic mass is 35.5. The number of hydrogen-bond donors (Lipinski definition) is 1. The standard InChI is InChI=1S/C18H18ClN3O3/c19-14-5-8-16(17(11-14)22(24)25)18(23)20-12-13-3-6-15(7-4-13)21-9-1-2-10-21/h3-8,11H,1-2,9-10,12H2,(H,20,23). The summed E-state index contributed by atoms with van der Waals surface area (Å²) in [7, 11) is 0. The zero-order valence-electron chi connectivity index (χ0n) is 13.6. The van der Waals surface area contributed by atoms with Gasteiger partial charge < -0.3 is 10.2 Å². The van der Waals surface area contributed by atoms with Gasteiger partial charge in [-0.15, -0.1) is 0 Å². The molecule has 1 aliphatic heterocycles. The van der Waals surface area contributed by atoms with Crippen LogP contribution in [0, 0.1) is 10.1 Å². The van der Waals surface area contributed by atoms with Crippen LogP contribution in [-0.2, 0) is 6.54 Å². The Balaban J connectivity index is 1.65. The minimum atomic E-state index is -0.606. The van der Waals surface area contributed by atoms with Gasteiger partial charge in [-0.1, -0.05) is 23.7 Å². The number of carbonyl (C=O) groups excluding carboxylic acids is 1. The highest BCUT2D eigenvalue weighted by Gasteiger charge is 2.20. The number of benzene rings is 2. The van der Waals surface area contributed by atoms with Crippen LogP contribution in [0.3, 0.4) is 0 Å². The summed E-state index contributed by atoms with van der Waals surface area (Å²) in [6.07, 6.45) is 2.44. The number of anilines is 1. The van der Waals surface area contributed by atoms with Crippen LogP contribution in [0.4, 0.5) is 11.4 Å². The van der Waals surface area contributed by atoms with E-state index in [2.05, 4.69) is 10.2 Å². The van der Waals surface area contributed by atoms with Crippen molar-refractivity contribution in [2.45, 2.75) is 19.4 Å². The van der Waals surface area contributed by atoms with Gasteiger partial charge >= 0.3 is 0 Å². The smallest absolute Gasteiger partial charge is 0.283 e. The topological polar surface area (TPSA) is 75.5 Å². The Morgan fingerprint density at radius 3 is 2.48 bits per heavy atom. The Morgan fingerprint density at radius 1 is 1.16 bits per heavy atom. The summed E-state index contributed by atoms with van der Waals surface area (Å²) >= 11 is 5.77. The first-order chi connectivity index (χ1) is 12.0. The van der Waals surface area contributed by atoms with Gasteiger partial charge in [-0.2, -0.15) is 0 Å². The molecule has 0 aromatic heterocycles. The molecule has 2 aromatic carbocycles. The SMILES string of the molecule is O=C(NCc1ccc(N2CCCC2)cc1)c1ccc(Cl)cc1[N+](=O)[O-]. The number of rotatable bonds is 5. The van der Waals surface area contributed by atoms with Crippen LogP contribution in [0.15, 0.2) is 42.5 Å². The van der Waals surface area contributed by atoms with Gasteiger partial charge in [0.25, 0.3) is 11.6 Å². The zero-order valence-corrected chi connectivity index (χ0v) is 14.3. The van der Waals surface area contributed by atoms with E-state index in [0.717, 1.165) is 18.7 Å². The number of nitrogens with zero attached hydrogens (tertiary/aromatic N) is 2. The fourth-order valence-corrected chi connectivity index (χ4v) is 3.09. The summed E-state index contributed by atoms with van der Waals surface area (Å²) in [5.41, 5.74) is 1.83. The van der Waals surface area contributed by atoms with E-state index in [4.69, 9.17) is 11.6 Å². The van der Waals surface area contributed by atoms with Crippen LogP contribution in [0.2, 0.25) is 5.02 Å². The van der Waals surface area contributed by atoms with Crippen molar-refractivity contribution in [3.05, 3.63) is 68.7 Å². The average molecular weight is 360 g/mol. The fourth-order valence-electron chi connectivity index (χ4n) is 2.93. The molecule has 1 fully saturated rings. The lowest BCUT2D eigenvalue weighted by atomic mass is 10.1. The van der Waals surface area contributed by atoms with Crippen molar-refractivity contribution in [1.82, 2.24) is 5.32 Å². The van der Waals surface area contributed by atoms with E-state index in [1.807, 2.05) is 24.3 Å². The van der Waals surface area contributed by atoms with E-state index < -0.39 is 10.8 Å². The molecule has 0 radical (unpaired) electrons. The Morgan fingerprint density at radius 2 is 1.84 bits per heavy atom. The minimum absolute atomic E-state index is 0.00286. The molecule has 130 valence electrons. The van der Waals surface area contributed by atoms with Crippen molar-refractivity contribution in [2.75, 3.05) is 18.0 Å². The van der Waals surface area contributed by atoms with E-state index in [9.17, 15) is 14.9 Å². The van der Waals surface area contributed by atoms with E-state index in [-0.39, 0.29) is 16.3 Å². The second-order valence-corrected chi connectivity index (χ2v) is 6.40. The Kier molecular flexibility index (Phi) is 5.19. The van der Waals surface area contributed by atoms with Crippen LogP contribution in [0.25, 0.3) is 0 Å². The Bertz CT molecular complexity index is 787. The molecule has 1 heterocycles. The van der Waals surface area contributed by atoms with Gasteiger partial charge in [-0.3, -0.25) is 14.9 Å². The third-order valence-electron chi connectivity index (χ3n) is 4.26. The monoisotopic (exact) mass is 359 g/mol. The third-order valence-corrected chi connectivity index (χ3v) is 4.50. The Hall–Kier alpha value is -2.60. The number of nitro groups is 1. The lowest BCUT2D eigenvalue weighted by molar-refractivity contribution is -0.385. The van der Waals surface area contributed by atoms with Crippen LogP contribution >= 0.6 is 11.6 Å². The largest absolute Gasteiger partial charge is 0.372 e. The molecule has 6 nitrogen and oxygen atoms in total. The molecule has 0 unspecified atom stereocenters. The number of nitro benzene ring substituents is 1. The second-order valence-electron chi connectivity index (χ2n) is 5.96. The lowest BCUT2D eigenvalue weighted by Crippen LogP contribution is -2.23. The van der Waals surface area contributed by atoms with Crippen LogP contribution in [0.1, 0.15) is 28.8 Å². The second kappa shape index (κ2) is 7.53. The number of carbonyl (C=O) groups is 1. The first-order valence-electron chi connectivity index (χ1n) is 8.10. The van der Waals surface area contributed by atoms with Gasteiger partial charge in [0.15, 0.2) is 0 Å². The van der Waals surface area contributed by atoms with Gasteiger partial charge in [-0.25, -0.2) is 0 Å². The van der Waals surface area contributed by atoms with Gasteiger partial charge in [0.05, 0.1) is 4.92 Å². The maximum Gasteiger partial charge on any atom is 0.283 e. The normalized spacial score (nSPS) is 13.7. The number of nitrogens with one attached hydrogen (secondary N) is 1. The zero-order chi connectivity index (χ0) is 17.8. The lowest BCUT2D eigenvalue weighted by Gasteiger charge is -2.17. The highest BCUT2D eigenvalue weighted by Crippen LogP contribution is 2.23. The molecule has 0 saturated carbocycles. The molecule has 0 atom stereocenters. The van der Waals surface area contributed by atoms with Crippen LogP contribution in [-0.4, -0.2) is 23.9 Å². The van der Waals surface area contributed by atoms with Crippen molar-refractivity contribution in [3.8, 4) is 0 Å². The predicted octanol–water partition coefficient (Wildman–Crippen LogP) is 3.78. The van der Waals surface area contributed by atoms with Crippen molar-refractivity contribution >= 4 is 28.9 Å². The maximum absolute atomic E-state index is 12.3. The van der Waals surface area contributed by atoms with Gasteiger partial charge in [0, 0.05) is 36.4 Å². The molecule has 1 N–H and O–H groups in total. The summed E-state index contributed by atoms with van der Waals surface area (Å²) < 4.78 is 0. The molecule has 1 aliphatic rings. The van der Waals surface area contributed by atoms with Crippen LogP contribution < -0.4 is 10.2 Å². The molecule has 7 heteroatoms. The Labute approximate surface area is 150 Å². The first kappa shape index (κ1) is 17.2. The summed E-state index contributed by atoms with van der Waals surface area (Å²) in [5.74, 6) is -0.494. The molecule has 0 aliphatic carbocycles. The molecule has 3 rings (SSSR count). The first-order valence-corrected chi connectivity index (χ1v) is 8.48. The number of hydrogen-bond acceptors (Lipinski definition) is 4. The molecule has 1 saturated heterocycles. The molecular weight excluding hydrogens is 342 g/mol. The van der Waals surface area contributed by atoms with E-state index in [1.54, 1.807) is 0 Å². The van der Waals surface area contributed by atoms with E-state index >= 15 is 0 Å². The van der Waals surface area contributed by atoms with E-state index in [0.29, 0.717) is 6.54 Å².